The van der Waals surface area contributed by atoms with Gasteiger partial charge in [0.1, 0.15) is 5.82 Å². The van der Waals surface area contributed by atoms with Crippen molar-refractivity contribution in [1.29, 1.82) is 0 Å². The number of aliphatic carboxylic acids is 1. The van der Waals surface area contributed by atoms with Gasteiger partial charge in [-0.15, -0.1) is 0 Å². The lowest BCUT2D eigenvalue weighted by Crippen LogP contribution is -2.13. The zero-order valence-electron chi connectivity index (χ0n) is 10.0. The van der Waals surface area contributed by atoms with Gasteiger partial charge in [0.25, 0.3) is 0 Å². The van der Waals surface area contributed by atoms with Crippen LogP contribution in [0.3, 0.4) is 0 Å². The Hall–Kier alpha value is -1.68. The van der Waals surface area contributed by atoms with Gasteiger partial charge in [0, 0.05) is 12.1 Å². The molecule has 0 aliphatic carbocycles. The number of carboxylic acids is 1. The van der Waals surface area contributed by atoms with Crippen LogP contribution in [0.15, 0.2) is 30.4 Å². The van der Waals surface area contributed by atoms with E-state index in [2.05, 4.69) is 5.32 Å². The summed E-state index contributed by atoms with van der Waals surface area (Å²) in [6.07, 6.45) is 4.95. The highest BCUT2D eigenvalue weighted by molar-refractivity contribution is 5.79. The monoisotopic (exact) mass is 249 g/mol. The predicted molar refractivity (Wildman–Crippen MR) is 66.9 cm³/mol. The van der Waals surface area contributed by atoms with E-state index in [1.54, 1.807) is 12.1 Å². The summed E-state index contributed by atoms with van der Waals surface area (Å²) in [6.45, 7) is 0.982. The zero-order chi connectivity index (χ0) is 13.0. The Kier molecular flexibility index (Phi) is 4.10. The van der Waals surface area contributed by atoms with Crippen LogP contribution in [0.5, 0.6) is 0 Å². The number of nitrogens with one attached hydrogen (secondary N) is 1. The molecule has 2 N–H and O–H groups in total. The average molecular weight is 249 g/mol. The second-order valence-corrected chi connectivity index (χ2v) is 4.44. The maximum atomic E-state index is 13.8. The van der Waals surface area contributed by atoms with Gasteiger partial charge in [-0.1, -0.05) is 18.2 Å². The molecule has 96 valence electrons. The van der Waals surface area contributed by atoms with Gasteiger partial charge in [-0.3, -0.25) is 0 Å². The smallest absolute Gasteiger partial charge is 0.327 e. The number of hydrogen-bond donors (Lipinski definition) is 2. The maximum absolute atomic E-state index is 13.8. The molecule has 1 atom stereocenters. The molecule has 0 amide bonds. The molecule has 0 radical (unpaired) electrons. The van der Waals surface area contributed by atoms with E-state index in [-0.39, 0.29) is 11.9 Å². The molecule has 1 fully saturated rings. The first-order chi connectivity index (χ1) is 8.66. The van der Waals surface area contributed by atoms with Crippen LogP contribution in [0.25, 0.3) is 0 Å². The average Bonchev–Trinajstić information content (AvgIpc) is 2.84. The van der Waals surface area contributed by atoms with Crippen LogP contribution < -0.4 is 5.32 Å². The molecule has 1 aliphatic rings. The molecule has 4 heteroatoms. The van der Waals surface area contributed by atoms with Crippen molar-refractivity contribution in [3.05, 3.63) is 47.3 Å². The van der Waals surface area contributed by atoms with Gasteiger partial charge in [-0.05, 0) is 43.0 Å². The molecule has 18 heavy (non-hydrogen) atoms. The third-order valence-electron chi connectivity index (χ3n) is 3.14. The fourth-order valence-electron chi connectivity index (χ4n) is 2.20. The lowest BCUT2D eigenvalue weighted by molar-refractivity contribution is -0.131. The molecule has 0 spiro atoms. The number of carboxylic acid groups (broad SMARTS) is 1. The SMILES string of the molecule is O=C(O)/C=C/Cc1ccc([C@@H]2CCCN2)cc1F. The third-order valence-corrected chi connectivity index (χ3v) is 3.14. The highest BCUT2D eigenvalue weighted by Gasteiger charge is 2.17. The van der Waals surface area contributed by atoms with Crippen LogP contribution >= 0.6 is 0 Å². The van der Waals surface area contributed by atoms with Gasteiger partial charge in [-0.25, -0.2) is 9.18 Å². The topological polar surface area (TPSA) is 49.3 Å². The van der Waals surface area contributed by atoms with E-state index in [1.165, 1.54) is 6.08 Å². The molecule has 1 aliphatic heterocycles. The normalized spacial score (nSPS) is 19.5. The van der Waals surface area contributed by atoms with Crippen molar-refractivity contribution in [2.75, 3.05) is 6.54 Å². The Balaban J connectivity index is 2.07. The number of halogens is 1. The standard InChI is InChI=1S/C14H16FNO2/c15-12-9-11(13-4-2-8-16-13)7-6-10(12)3-1-5-14(17)18/h1,5-7,9,13,16H,2-4,8H2,(H,17,18)/b5-1+/t13-/m0/s1. The summed E-state index contributed by atoms with van der Waals surface area (Å²) in [4.78, 5) is 10.3. The highest BCUT2D eigenvalue weighted by Crippen LogP contribution is 2.24. The van der Waals surface area contributed by atoms with E-state index in [0.717, 1.165) is 31.0 Å². The Bertz CT molecular complexity index is 465. The van der Waals surface area contributed by atoms with Gasteiger partial charge < -0.3 is 10.4 Å². The summed E-state index contributed by atoms with van der Waals surface area (Å²) >= 11 is 0. The maximum Gasteiger partial charge on any atom is 0.327 e. The van der Waals surface area contributed by atoms with Crippen LogP contribution in [0.1, 0.15) is 30.0 Å². The van der Waals surface area contributed by atoms with Crippen LogP contribution in [-0.2, 0) is 11.2 Å². The molecule has 0 bridgehead atoms. The second kappa shape index (κ2) is 5.78. The number of allylic oxidation sites excluding steroid dienone is 1. The largest absolute Gasteiger partial charge is 0.478 e. The lowest BCUT2D eigenvalue weighted by Gasteiger charge is -2.11. The molecule has 0 saturated carbocycles. The van der Waals surface area contributed by atoms with Crippen molar-refractivity contribution in [3.63, 3.8) is 0 Å². The number of carbonyl (C=O) groups is 1. The van der Waals surface area contributed by atoms with Gasteiger partial charge >= 0.3 is 5.97 Å². The molecular formula is C14H16FNO2. The fraction of sp³-hybridized carbons (Fsp3) is 0.357. The summed E-state index contributed by atoms with van der Waals surface area (Å²) in [5.74, 6) is -1.28. The quantitative estimate of drug-likeness (QED) is 0.806. The van der Waals surface area contributed by atoms with Crippen LogP contribution in [0.4, 0.5) is 4.39 Å². The van der Waals surface area contributed by atoms with E-state index >= 15 is 0 Å². The van der Waals surface area contributed by atoms with E-state index in [1.807, 2.05) is 6.07 Å². The number of rotatable bonds is 4. The van der Waals surface area contributed by atoms with E-state index in [4.69, 9.17) is 5.11 Å². The van der Waals surface area contributed by atoms with Crippen LogP contribution in [0, 0.1) is 5.82 Å². The first-order valence-corrected chi connectivity index (χ1v) is 6.08. The van der Waals surface area contributed by atoms with Crippen molar-refractivity contribution in [2.24, 2.45) is 0 Å². The Morgan fingerprint density at radius 2 is 2.39 bits per heavy atom. The molecule has 1 heterocycles. The van der Waals surface area contributed by atoms with Gasteiger partial charge in [-0.2, -0.15) is 0 Å². The minimum Gasteiger partial charge on any atom is -0.478 e. The first-order valence-electron chi connectivity index (χ1n) is 6.08. The van der Waals surface area contributed by atoms with Crippen molar-refractivity contribution < 1.29 is 14.3 Å². The molecule has 1 aromatic carbocycles. The molecule has 2 rings (SSSR count). The summed E-state index contributed by atoms with van der Waals surface area (Å²) in [7, 11) is 0. The van der Waals surface area contributed by atoms with Crippen LogP contribution in [-0.4, -0.2) is 17.6 Å². The van der Waals surface area contributed by atoms with E-state index in [9.17, 15) is 9.18 Å². The lowest BCUT2D eigenvalue weighted by atomic mass is 10.0. The molecule has 0 aromatic heterocycles. The summed E-state index contributed by atoms with van der Waals surface area (Å²) < 4.78 is 13.8. The Morgan fingerprint density at radius 1 is 1.56 bits per heavy atom. The summed E-state index contributed by atoms with van der Waals surface area (Å²) in [6, 6.07) is 5.45. The van der Waals surface area contributed by atoms with Crippen molar-refractivity contribution in [1.82, 2.24) is 5.32 Å². The Labute approximate surface area is 105 Å². The molecular weight excluding hydrogens is 233 g/mol. The summed E-state index contributed by atoms with van der Waals surface area (Å²) in [5.41, 5.74) is 1.49. The van der Waals surface area contributed by atoms with Crippen LogP contribution in [0.2, 0.25) is 0 Å². The summed E-state index contributed by atoms with van der Waals surface area (Å²) in [5, 5.41) is 11.8. The molecule has 3 nitrogen and oxygen atoms in total. The minimum atomic E-state index is -1.01. The number of benzene rings is 1. The van der Waals surface area contributed by atoms with Gasteiger partial charge in [0.05, 0.1) is 0 Å². The minimum absolute atomic E-state index is 0.253. The van der Waals surface area contributed by atoms with Gasteiger partial charge in [0.2, 0.25) is 0 Å². The van der Waals surface area contributed by atoms with Gasteiger partial charge in [0.15, 0.2) is 0 Å². The third kappa shape index (κ3) is 3.17. The molecule has 1 aromatic rings. The molecule has 0 unspecified atom stereocenters. The first kappa shape index (κ1) is 12.8. The van der Waals surface area contributed by atoms with Crippen molar-refractivity contribution in [3.8, 4) is 0 Å². The molecule has 1 saturated heterocycles. The van der Waals surface area contributed by atoms with E-state index < -0.39 is 5.97 Å². The van der Waals surface area contributed by atoms with Crippen molar-refractivity contribution in [2.45, 2.75) is 25.3 Å². The highest BCUT2D eigenvalue weighted by atomic mass is 19.1. The fourth-order valence-corrected chi connectivity index (χ4v) is 2.20. The van der Waals surface area contributed by atoms with E-state index in [0.29, 0.717) is 12.0 Å². The second-order valence-electron chi connectivity index (χ2n) is 4.44. The predicted octanol–water partition coefficient (Wildman–Crippen LogP) is 2.43. The zero-order valence-corrected chi connectivity index (χ0v) is 10.0. The number of hydrogen-bond acceptors (Lipinski definition) is 2. The van der Waals surface area contributed by atoms with Crippen molar-refractivity contribution >= 4 is 5.97 Å². The Morgan fingerprint density at radius 3 is 3.00 bits per heavy atom.